The molecule has 0 saturated heterocycles. The third-order valence-corrected chi connectivity index (χ3v) is 3.65. The molecular formula is C13H18N2O4S. The summed E-state index contributed by atoms with van der Waals surface area (Å²) in [6.45, 7) is 2.32. The fourth-order valence-electron chi connectivity index (χ4n) is 1.52. The van der Waals surface area contributed by atoms with Crippen LogP contribution in [0.1, 0.15) is 23.7 Å². The van der Waals surface area contributed by atoms with E-state index in [1.807, 2.05) is 0 Å². The van der Waals surface area contributed by atoms with Gasteiger partial charge in [0, 0.05) is 31.8 Å². The standard InChI is InChI=1S/C13H18N2O4S/c1-10(16)14-7-4-8-15-13(17)11-5-3-6-12(9-11)20(2,18)19/h3,5-6,9H,4,7-8H2,1-2H3,(H,14,16)(H,15,17). The van der Waals surface area contributed by atoms with E-state index in [4.69, 9.17) is 0 Å². The van der Waals surface area contributed by atoms with Crippen molar-refractivity contribution in [2.45, 2.75) is 18.2 Å². The summed E-state index contributed by atoms with van der Waals surface area (Å²) >= 11 is 0. The lowest BCUT2D eigenvalue weighted by molar-refractivity contribution is -0.118. The molecule has 0 atom stereocenters. The maximum absolute atomic E-state index is 11.8. The quantitative estimate of drug-likeness (QED) is 0.741. The first kappa shape index (κ1) is 16.2. The second-order valence-corrected chi connectivity index (χ2v) is 6.41. The minimum Gasteiger partial charge on any atom is -0.356 e. The van der Waals surface area contributed by atoms with Crippen molar-refractivity contribution >= 4 is 21.7 Å². The monoisotopic (exact) mass is 298 g/mol. The molecule has 1 aromatic carbocycles. The number of carbonyl (C=O) groups is 2. The van der Waals surface area contributed by atoms with Gasteiger partial charge in [-0.25, -0.2) is 8.42 Å². The first-order valence-corrected chi connectivity index (χ1v) is 8.02. The third-order valence-electron chi connectivity index (χ3n) is 2.54. The van der Waals surface area contributed by atoms with Crippen LogP contribution in [0.5, 0.6) is 0 Å². The molecule has 0 aliphatic heterocycles. The second-order valence-electron chi connectivity index (χ2n) is 4.39. The van der Waals surface area contributed by atoms with Gasteiger partial charge in [-0.2, -0.15) is 0 Å². The van der Waals surface area contributed by atoms with E-state index < -0.39 is 9.84 Å². The molecule has 2 amide bonds. The Kier molecular flexibility index (Phi) is 5.69. The maximum atomic E-state index is 11.8. The summed E-state index contributed by atoms with van der Waals surface area (Å²) in [7, 11) is -3.32. The van der Waals surface area contributed by atoms with Crippen molar-refractivity contribution in [3.05, 3.63) is 29.8 Å². The highest BCUT2D eigenvalue weighted by molar-refractivity contribution is 7.90. The van der Waals surface area contributed by atoms with Crippen LogP contribution in [-0.2, 0) is 14.6 Å². The van der Waals surface area contributed by atoms with Crippen molar-refractivity contribution in [1.82, 2.24) is 10.6 Å². The van der Waals surface area contributed by atoms with Crippen LogP contribution in [0.3, 0.4) is 0 Å². The smallest absolute Gasteiger partial charge is 0.251 e. The Labute approximate surface area is 118 Å². The van der Waals surface area contributed by atoms with E-state index in [9.17, 15) is 18.0 Å². The fourth-order valence-corrected chi connectivity index (χ4v) is 2.19. The summed E-state index contributed by atoms with van der Waals surface area (Å²) in [6, 6.07) is 5.88. The molecule has 110 valence electrons. The first-order valence-electron chi connectivity index (χ1n) is 6.13. The average Bonchev–Trinajstić information content (AvgIpc) is 2.37. The van der Waals surface area contributed by atoms with E-state index in [2.05, 4.69) is 10.6 Å². The van der Waals surface area contributed by atoms with Crippen molar-refractivity contribution in [3.8, 4) is 0 Å². The Morgan fingerprint density at radius 1 is 1.15 bits per heavy atom. The van der Waals surface area contributed by atoms with Gasteiger partial charge >= 0.3 is 0 Å². The molecule has 0 heterocycles. The van der Waals surface area contributed by atoms with Crippen molar-refractivity contribution in [2.75, 3.05) is 19.3 Å². The molecule has 1 aromatic rings. The zero-order valence-electron chi connectivity index (χ0n) is 11.5. The van der Waals surface area contributed by atoms with Gasteiger partial charge in [0.05, 0.1) is 4.90 Å². The van der Waals surface area contributed by atoms with Gasteiger partial charge in [0.1, 0.15) is 0 Å². The van der Waals surface area contributed by atoms with E-state index in [1.54, 1.807) is 6.07 Å². The molecule has 0 radical (unpaired) electrons. The number of rotatable bonds is 6. The van der Waals surface area contributed by atoms with Crippen LogP contribution in [0.4, 0.5) is 0 Å². The molecule has 6 nitrogen and oxygen atoms in total. The zero-order chi connectivity index (χ0) is 15.2. The summed E-state index contributed by atoms with van der Waals surface area (Å²) in [6.07, 6.45) is 1.70. The predicted molar refractivity (Wildman–Crippen MR) is 75.2 cm³/mol. The van der Waals surface area contributed by atoms with E-state index in [0.717, 1.165) is 6.26 Å². The van der Waals surface area contributed by atoms with Gasteiger partial charge in [0.25, 0.3) is 5.91 Å². The Morgan fingerprint density at radius 3 is 2.40 bits per heavy atom. The zero-order valence-corrected chi connectivity index (χ0v) is 12.3. The largest absolute Gasteiger partial charge is 0.356 e. The summed E-state index contributed by atoms with van der Waals surface area (Å²) in [5.41, 5.74) is 0.299. The predicted octanol–water partition coefficient (Wildman–Crippen LogP) is 0.346. The lowest BCUT2D eigenvalue weighted by atomic mass is 10.2. The van der Waals surface area contributed by atoms with Crippen molar-refractivity contribution in [3.63, 3.8) is 0 Å². The number of nitrogens with one attached hydrogen (secondary N) is 2. The summed E-state index contributed by atoms with van der Waals surface area (Å²) < 4.78 is 22.8. The highest BCUT2D eigenvalue weighted by atomic mass is 32.2. The summed E-state index contributed by atoms with van der Waals surface area (Å²) in [4.78, 5) is 22.6. The van der Waals surface area contributed by atoms with Gasteiger partial charge in [-0.3, -0.25) is 9.59 Å². The number of amides is 2. The number of sulfone groups is 1. The maximum Gasteiger partial charge on any atom is 0.251 e. The molecule has 0 spiro atoms. The molecular weight excluding hydrogens is 280 g/mol. The van der Waals surface area contributed by atoms with Crippen LogP contribution < -0.4 is 10.6 Å². The van der Waals surface area contributed by atoms with Gasteiger partial charge in [-0.1, -0.05) is 6.07 Å². The second kappa shape index (κ2) is 7.04. The lowest BCUT2D eigenvalue weighted by Gasteiger charge is -2.06. The average molecular weight is 298 g/mol. The molecule has 0 fully saturated rings. The van der Waals surface area contributed by atoms with E-state index in [1.165, 1.54) is 25.1 Å². The SMILES string of the molecule is CC(=O)NCCCNC(=O)c1cccc(S(C)(=O)=O)c1. The molecule has 0 aromatic heterocycles. The lowest BCUT2D eigenvalue weighted by Crippen LogP contribution is -2.28. The third kappa shape index (κ3) is 5.40. The number of benzene rings is 1. The fraction of sp³-hybridized carbons (Fsp3) is 0.385. The van der Waals surface area contributed by atoms with E-state index in [0.29, 0.717) is 25.1 Å². The van der Waals surface area contributed by atoms with Crippen molar-refractivity contribution in [1.29, 1.82) is 0 Å². The molecule has 0 bridgehead atoms. The summed E-state index contributed by atoms with van der Waals surface area (Å²) in [5.74, 6) is -0.449. The topological polar surface area (TPSA) is 92.3 Å². The number of hydrogen-bond acceptors (Lipinski definition) is 4. The molecule has 0 aliphatic carbocycles. The van der Waals surface area contributed by atoms with Crippen LogP contribution in [0, 0.1) is 0 Å². The van der Waals surface area contributed by atoms with Gasteiger partial charge in [-0.05, 0) is 24.6 Å². The van der Waals surface area contributed by atoms with Crippen LogP contribution >= 0.6 is 0 Å². The van der Waals surface area contributed by atoms with Crippen molar-refractivity contribution in [2.24, 2.45) is 0 Å². The van der Waals surface area contributed by atoms with Crippen LogP contribution in [-0.4, -0.2) is 39.6 Å². The van der Waals surface area contributed by atoms with Crippen LogP contribution in [0.25, 0.3) is 0 Å². The Balaban J connectivity index is 2.54. The first-order chi connectivity index (χ1) is 9.30. The Hall–Kier alpha value is -1.89. The summed E-state index contributed by atoms with van der Waals surface area (Å²) in [5, 5.41) is 5.28. The number of carbonyl (C=O) groups excluding carboxylic acids is 2. The number of hydrogen-bond donors (Lipinski definition) is 2. The van der Waals surface area contributed by atoms with E-state index in [-0.39, 0.29) is 16.7 Å². The normalized spacial score (nSPS) is 10.9. The molecule has 1 rings (SSSR count). The minimum absolute atomic E-state index is 0.114. The van der Waals surface area contributed by atoms with Crippen LogP contribution in [0.2, 0.25) is 0 Å². The van der Waals surface area contributed by atoms with Gasteiger partial charge < -0.3 is 10.6 Å². The van der Waals surface area contributed by atoms with Gasteiger partial charge in [0.2, 0.25) is 5.91 Å². The van der Waals surface area contributed by atoms with E-state index >= 15 is 0 Å². The molecule has 2 N–H and O–H groups in total. The Bertz CT molecular complexity index is 596. The molecule has 0 aliphatic rings. The van der Waals surface area contributed by atoms with Gasteiger partial charge in [-0.15, -0.1) is 0 Å². The van der Waals surface area contributed by atoms with Crippen LogP contribution in [0.15, 0.2) is 29.2 Å². The Morgan fingerprint density at radius 2 is 1.80 bits per heavy atom. The van der Waals surface area contributed by atoms with Gasteiger partial charge in [0.15, 0.2) is 9.84 Å². The molecule has 20 heavy (non-hydrogen) atoms. The molecule has 7 heteroatoms. The molecule has 0 saturated carbocycles. The minimum atomic E-state index is -3.32. The highest BCUT2D eigenvalue weighted by Gasteiger charge is 2.11. The molecule has 0 unspecified atom stereocenters. The van der Waals surface area contributed by atoms with Crippen molar-refractivity contribution < 1.29 is 18.0 Å². The highest BCUT2D eigenvalue weighted by Crippen LogP contribution is 2.11.